The van der Waals surface area contributed by atoms with Crippen LogP contribution in [0.3, 0.4) is 0 Å². The van der Waals surface area contributed by atoms with Crippen LogP contribution in [0.15, 0.2) is 64.6 Å². The summed E-state index contributed by atoms with van der Waals surface area (Å²) in [6, 6.07) is 7.69. The number of amides is 2. The van der Waals surface area contributed by atoms with Crippen LogP contribution in [0.5, 0.6) is 0 Å². The summed E-state index contributed by atoms with van der Waals surface area (Å²) >= 11 is 0.522. The van der Waals surface area contributed by atoms with E-state index in [1.165, 1.54) is 24.3 Å². The molecule has 0 spiro atoms. The van der Waals surface area contributed by atoms with Gasteiger partial charge in [0, 0.05) is 17.0 Å². The molecule has 32 heavy (non-hydrogen) atoms. The lowest BCUT2D eigenvalue weighted by Crippen LogP contribution is -2.20. The van der Waals surface area contributed by atoms with Crippen molar-refractivity contribution in [2.45, 2.75) is 16.1 Å². The molecule has 0 aliphatic rings. The molecule has 0 fully saturated rings. The van der Waals surface area contributed by atoms with Gasteiger partial charge < -0.3 is 10.6 Å². The average Bonchev–Trinajstić information content (AvgIpc) is 2.71. The predicted octanol–water partition coefficient (Wildman–Crippen LogP) is 6.08. The highest BCUT2D eigenvalue weighted by atomic mass is 32.2. The molecule has 0 aliphatic carbocycles. The number of pyridine rings is 1. The second-order valence-corrected chi connectivity index (χ2v) is 7.13. The van der Waals surface area contributed by atoms with Crippen LogP contribution in [0.25, 0.3) is 0 Å². The van der Waals surface area contributed by atoms with Crippen molar-refractivity contribution in [3.63, 3.8) is 0 Å². The van der Waals surface area contributed by atoms with Crippen molar-refractivity contribution < 1.29 is 31.7 Å². The minimum atomic E-state index is -4.92. The molecule has 1 heterocycles. The van der Waals surface area contributed by atoms with Gasteiger partial charge in [0.25, 0.3) is 5.69 Å². The number of benzene rings is 2. The van der Waals surface area contributed by atoms with Gasteiger partial charge in [-0.25, -0.2) is 18.6 Å². The first-order valence-corrected chi connectivity index (χ1v) is 9.38. The van der Waals surface area contributed by atoms with Crippen LogP contribution >= 0.6 is 11.8 Å². The molecule has 3 rings (SSSR count). The summed E-state index contributed by atoms with van der Waals surface area (Å²) in [5, 5.41) is 14.8. The van der Waals surface area contributed by atoms with Crippen LogP contribution in [0.4, 0.5) is 43.8 Å². The van der Waals surface area contributed by atoms with Crippen LogP contribution < -0.4 is 10.6 Å². The summed E-state index contributed by atoms with van der Waals surface area (Å²) in [7, 11) is 0. The largest absolute Gasteiger partial charge is 0.419 e. The van der Waals surface area contributed by atoms with E-state index in [4.69, 9.17) is 0 Å². The number of anilines is 2. The zero-order chi connectivity index (χ0) is 23.5. The minimum absolute atomic E-state index is 0.0609. The Balaban J connectivity index is 1.86. The molecule has 1 aromatic heterocycles. The molecular formula is C19H11F5N4O3S. The summed E-state index contributed by atoms with van der Waals surface area (Å²) in [5.74, 6) is -1.86. The van der Waals surface area contributed by atoms with Crippen molar-refractivity contribution in [2.75, 3.05) is 10.6 Å². The molecule has 2 aromatic carbocycles. The third-order valence-corrected chi connectivity index (χ3v) is 4.97. The van der Waals surface area contributed by atoms with Crippen molar-refractivity contribution >= 4 is 34.9 Å². The van der Waals surface area contributed by atoms with E-state index in [1.54, 1.807) is 0 Å². The predicted molar refractivity (Wildman–Crippen MR) is 105 cm³/mol. The summed E-state index contributed by atoms with van der Waals surface area (Å²) < 4.78 is 66.9. The summed E-state index contributed by atoms with van der Waals surface area (Å²) in [5.41, 5.74) is -2.39. The van der Waals surface area contributed by atoms with E-state index in [-0.39, 0.29) is 16.3 Å². The van der Waals surface area contributed by atoms with E-state index in [2.05, 4.69) is 15.6 Å². The second kappa shape index (κ2) is 9.18. The standard InChI is InChI=1S/C19H11F5N4O3S/c20-10-5-6-14(13(21)7-10)26-18(29)27-15-3-1-2-4-16(15)32-17-12(19(22,23)24)8-11(9-25-17)28(30)31/h1-9H,(H2,26,27,29). The van der Waals surface area contributed by atoms with Crippen molar-refractivity contribution in [2.24, 2.45) is 0 Å². The molecule has 0 radical (unpaired) electrons. The first-order chi connectivity index (χ1) is 15.0. The molecular weight excluding hydrogens is 459 g/mol. The van der Waals surface area contributed by atoms with Gasteiger partial charge in [0.05, 0.1) is 21.9 Å². The van der Waals surface area contributed by atoms with Crippen molar-refractivity contribution in [1.29, 1.82) is 0 Å². The molecule has 7 nitrogen and oxygen atoms in total. The van der Waals surface area contributed by atoms with E-state index < -0.39 is 45.0 Å². The fourth-order valence-corrected chi connectivity index (χ4v) is 3.43. The number of urea groups is 1. The molecule has 13 heteroatoms. The van der Waals surface area contributed by atoms with Gasteiger partial charge in [0.15, 0.2) is 0 Å². The maximum atomic E-state index is 13.7. The Morgan fingerprint density at radius 1 is 1.03 bits per heavy atom. The summed E-state index contributed by atoms with van der Waals surface area (Å²) in [6.07, 6.45) is -4.22. The molecule has 0 aliphatic heterocycles. The first-order valence-electron chi connectivity index (χ1n) is 8.56. The lowest BCUT2D eigenvalue weighted by atomic mass is 10.2. The van der Waals surface area contributed by atoms with E-state index in [9.17, 15) is 36.9 Å². The summed E-state index contributed by atoms with van der Waals surface area (Å²) in [6.45, 7) is 0. The Bertz CT molecular complexity index is 1190. The van der Waals surface area contributed by atoms with Gasteiger partial charge in [-0.2, -0.15) is 13.2 Å². The highest BCUT2D eigenvalue weighted by Crippen LogP contribution is 2.41. The molecule has 166 valence electrons. The van der Waals surface area contributed by atoms with Crippen molar-refractivity contribution in [3.8, 4) is 0 Å². The highest BCUT2D eigenvalue weighted by molar-refractivity contribution is 7.99. The molecule has 3 aromatic rings. The molecule has 0 unspecified atom stereocenters. The summed E-state index contributed by atoms with van der Waals surface area (Å²) in [4.78, 5) is 25.7. The number of nitro groups is 1. The number of halogens is 5. The lowest BCUT2D eigenvalue weighted by molar-refractivity contribution is -0.385. The lowest BCUT2D eigenvalue weighted by Gasteiger charge is -2.14. The molecule has 2 amide bonds. The van der Waals surface area contributed by atoms with Gasteiger partial charge in [-0.05, 0) is 24.3 Å². The van der Waals surface area contributed by atoms with Crippen LogP contribution in [0, 0.1) is 21.7 Å². The van der Waals surface area contributed by atoms with Crippen LogP contribution in [0.2, 0.25) is 0 Å². The Morgan fingerprint density at radius 3 is 2.38 bits per heavy atom. The third kappa shape index (κ3) is 5.49. The molecule has 0 saturated carbocycles. The zero-order valence-electron chi connectivity index (χ0n) is 15.6. The number of para-hydroxylation sites is 1. The van der Waals surface area contributed by atoms with Gasteiger partial charge in [-0.1, -0.05) is 23.9 Å². The quantitative estimate of drug-likeness (QED) is 0.268. The Morgan fingerprint density at radius 2 is 1.72 bits per heavy atom. The molecule has 2 N–H and O–H groups in total. The Hall–Kier alpha value is -3.74. The number of aromatic nitrogens is 1. The monoisotopic (exact) mass is 470 g/mol. The Labute approximate surface area is 180 Å². The van der Waals surface area contributed by atoms with Gasteiger partial charge in [-0.3, -0.25) is 10.1 Å². The van der Waals surface area contributed by atoms with E-state index >= 15 is 0 Å². The number of nitrogens with zero attached hydrogens (tertiary/aromatic N) is 2. The maximum Gasteiger partial charge on any atom is 0.419 e. The molecule has 0 atom stereocenters. The van der Waals surface area contributed by atoms with Gasteiger partial charge in [0.1, 0.15) is 22.9 Å². The van der Waals surface area contributed by atoms with Crippen LogP contribution in [0.1, 0.15) is 5.56 Å². The topological polar surface area (TPSA) is 97.2 Å². The van der Waals surface area contributed by atoms with E-state index in [1.807, 2.05) is 0 Å². The molecule has 0 bridgehead atoms. The van der Waals surface area contributed by atoms with Gasteiger partial charge >= 0.3 is 12.2 Å². The van der Waals surface area contributed by atoms with E-state index in [0.29, 0.717) is 30.1 Å². The van der Waals surface area contributed by atoms with Crippen LogP contribution in [-0.2, 0) is 6.18 Å². The smallest absolute Gasteiger partial charge is 0.307 e. The van der Waals surface area contributed by atoms with Gasteiger partial charge in [-0.15, -0.1) is 0 Å². The number of rotatable bonds is 5. The van der Waals surface area contributed by atoms with Crippen molar-refractivity contribution in [3.05, 3.63) is 82.0 Å². The second-order valence-electron chi connectivity index (χ2n) is 6.10. The van der Waals surface area contributed by atoms with Gasteiger partial charge in [0.2, 0.25) is 0 Å². The number of nitrogens with one attached hydrogen (secondary N) is 2. The minimum Gasteiger partial charge on any atom is -0.307 e. The highest BCUT2D eigenvalue weighted by Gasteiger charge is 2.36. The fourth-order valence-electron chi connectivity index (χ4n) is 2.46. The molecule has 0 saturated heterocycles. The SMILES string of the molecule is O=C(Nc1ccc(F)cc1F)Nc1ccccc1Sc1ncc([N+](=O)[O-])cc1C(F)(F)F. The van der Waals surface area contributed by atoms with Crippen molar-refractivity contribution in [1.82, 2.24) is 4.98 Å². The number of hydrogen-bond acceptors (Lipinski definition) is 5. The van der Waals surface area contributed by atoms with Crippen LogP contribution in [-0.4, -0.2) is 15.9 Å². The number of carbonyl (C=O) groups is 1. The first kappa shape index (κ1) is 22.9. The normalized spacial score (nSPS) is 11.2. The fraction of sp³-hybridized carbons (Fsp3) is 0.0526. The number of carbonyl (C=O) groups excluding carboxylic acids is 1. The number of alkyl halides is 3. The Kier molecular flexibility index (Phi) is 6.58. The zero-order valence-corrected chi connectivity index (χ0v) is 16.4. The number of hydrogen-bond donors (Lipinski definition) is 2. The maximum absolute atomic E-state index is 13.7. The third-order valence-electron chi connectivity index (χ3n) is 3.87. The van der Waals surface area contributed by atoms with E-state index in [0.717, 1.165) is 12.1 Å². The average molecular weight is 470 g/mol.